The molecule has 0 saturated heterocycles. The first-order valence-electron chi connectivity index (χ1n) is 22.5. The SMILES string of the molecule is COc1ccc(C2c3cc(OC)c(OC)cc3CC[N+]2(C)CCCOC(=O)/C=C/C(=O)OCCC[N+]2(C)CCc3cc(OC)c(OC)cc3C2Cc2cc(OC)c(OC)c(OC)c2)cc1OC. The summed E-state index contributed by atoms with van der Waals surface area (Å²) in [6.45, 7) is 3.48. The van der Waals surface area contributed by atoms with Crippen LogP contribution in [0.25, 0.3) is 0 Å². The quantitative estimate of drug-likeness (QED) is 0.0339. The summed E-state index contributed by atoms with van der Waals surface area (Å²) in [7, 11) is 19.1. The first kappa shape index (κ1) is 50.1. The van der Waals surface area contributed by atoms with Crippen molar-refractivity contribution in [2.24, 2.45) is 0 Å². The number of fused-ring (bicyclic) bond motifs is 2. The average Bonchev–Trinajstić information content (AvgIpc) is 3.35. The van der Waals surface area contributed by atoms with Crippen LogP contribution in [0.4, 0.5) is 0 Å². The summed E-state index contributed by atoms with van der Waals surface area (Å²) >= 11 is 0. The highest BCUT2D eigenvalue weighted by molar-refractivity contribution is 5.91. The monoisotopic (exact) mass is 928 g/mol. The number of ether oxygens (including phenoxy) is 11. The summed E-state index contributed by atoms with van der Waals surface area (Å²) in [6, 6.07) is 18.2. The normalized spacial score (nSPS) is 19.6. The Balaban J connectivity index is 1.06. The smallest absolute Gasteiger partial charge is 0.331 e. The van der Waals surface area contributed by atoms with Crippen LogP contribution >= 0.6 is 0 Å². The van der Waals surface area contributed by atoms with E-state index in [-0.39, 0.29) is 25.3 Å². The van der Waals surface area contributed by atoms with Crippen molar-refractivity contribution in [3.05, 3.63) is 100 Å². The number of hydrogen-bond donors (Lipinski definition) is 0. The fraction of sp³-hybridized carbons (Fsp3) is 0.462. The van der Waals surface area contributed by atoms with Crippen molar-refractivity contribution in [2.75, 3.05) is 117 Å². The van der Waals surface area contributed by atoms with E-state index >= 15 is 0 Å². The maximum Gasteiger partial charge on any atom is 0.331 e. The van der Waals surface area contributed by atoms with Gasteiger partial charge in [0.2, 0.25) is 5.75 Å². The number of methoxy groups -OCH3 is 9. The predicted octanol–water partition coefficient (Wildman–Crippen LogP) is 7.27. The van der Waals surface area contributed by atoms with Gasteiger partial charge in [0.1, 0.15) is 12.1 Å². The van der Waals surface area contributed by atoms with E-state index in [9.17, 15) is 9.59 Å². The third-order valence-electron chi connectivity index (χ3n) is 13.5. The van der Waals surface area contributed by atoms with Gasteiger partial charge in [-0.3, -0.25) is 0 Å². The van der Waals surface area contributed by atoms with Crippen molar-refractivity contribution in [3.63, 3.8) is 0 Å². The van der Waals surface area contributed by atoms with Crippen molar-refractivity contribution >= 4 is 11.9 Å². The Morgan fingerprint density at radius 1 is 0.522 bits per heavy atom. The zero-order valence-electron chi connectivity index (χ0n) is 41.0. The molecule has 0 spiro atoms. The molecule has 6 rings (SSSR count). The Hall–Kier alpha value is -6.32. The van der Waals surface area contributed by atoms with Gasteiger partial charge in [-0.2, -0.15) is 0 Å². The summed E-state index contributed by atoms with van der Waals surface area (Å²) in [5, 5.41) is 0. The lowest BCUT2D eigenvalue weighted by molar-refractivity contribution is -0.941. The highest BCUT2D eigenvalue weighted by Crippen LogP contribution is 2.47. The highest BCUT2D eigenvalue weighted by Gasteiger charge is 2.42. The van der Waals surface area contributed by atoms with Gasteiger partial charge in [-0.25, -0.2) is 9.59 Å². The molecule has 2 aliphatic rings. The second-order valence-corrected chi connectivity index (χ2v) is 17.3. The summed E-state index contributed by atoms with van der Waals surface area (Å²) < 4.78 is 63.5. The maximum atomic E-state index is 12.9. The van der Waals surface area contributed by atoms with Crippen LogP contribution in [0, 0.1) is 0 Å². The van der Waals surface area contributed by atoms with E-state index in [1.54, 1.807) is 64.0 Å². The largest absolute Gasteiger partial charge is 0.493 e. The molecule has 0 bridgehead atoms. The molecule has 0 amide bonds. The van der Waals surface area contributed by atoms with E-state index < -0.39 is 11.9 Å². The lowest BCUT2D eigenvalue weighted by Gasteiger charge is -2.46. The second kappa shape index (κ2) is 22.4. The number of quaternary nitrogens is 2. The number of rotatable bonds is 22. The lowest BCUT2D eigenvalue weighted by Crippen LogP contribution is -2.52. The van der Waals surface area contributed by atoms with Crippen LogP contribution in [0.3, 0.4) is 0 Å². The van der Waals surface area contributed by atoms with E-state index in [2.05, 4.69) is 44.4 Å². The molecule has 0 aliphatic carbocycles. The minimum Gasteiger partial charge on any atom is -0.493 e. The zero-order valence-corrected chi connectivity index (χ0v) is 41.0. The molecule has 0 radical (unpaired) electrons. The first-order valence-corrected chi connectivity index (χ1v) is 22.5. The summed E-state index contributed by atoms with van der Waals surface area (Å²) in [5.74, 6) is 4.48. The molecular weight excluding hydrogens is 861 g/mol. The lowest BCUT2D eigenvalue weighted by atomic mass is 9.85. The number of carbonyl (C=O) groups excluding carboxylic acids is 2. The van der Waals surface area contributed by atoms with Crippen LogP contribution in [0.5, 0.6) is 51.7 Å². The molecule has 15 heteroatoms. The predicted molar refractivity (Wildman–Crippen MR) is 253 cm³/mol. The fourth-order valence-corrected chi connectivity index (χ4v) is 9.89. The standard InChI is InChI=1S/C52H68N2O13/c1-53(22-18-35-29-43(59-5)45(61-7)32-38(35)40(53)26-34-27-47(63-9)52(65-11)48(28-34)64-10)20-12-24-66-49(55)16-17-50(56)67-25-13-21-54(2)23-19-36-30-44(60-6)46(62-8)33-39(36)51(54)37-14-15-41(57-3)42(31-37)58-4/h14-17,27-33,40,51H,12-13,18-26H2,1-11H3/q+2/b17-16+. The van der Waals surface area contributed by atoms with Crippen molar-refractivity contribution in [1.29, 1.82) is 0 Å². The summed E-state index contributed by atoms with van der Waals surface area (Å²) in [4.78, 5) is 25.7. The molecule has 4 aromatic carbocycles. The van der Waals surface area contributed by atoms with E-state index in [1.165, 1.54) is 11.1 Å². The molecule has 0 fully saturated rings. The Labute approximate surface area is 395 Å². The topological polar surface area (TPSA) is 136 Å². The van der Waals surface area contributed by atoms with E-state index in [0.717, 1.165) is 66.9 Å². The van der Waals surface area contributed by atoms with Crippen molar-refractivity contribution in [3.8, 4) is 51.7 Å². The number of hydrogen-bond acceptors (Lipinski definition) is 13. The Bertz CT molecular complexity index is 2380. The Kier molecular flexibility index (Phi) is 16.8. The van der Waals surface area contributed by atoms with Gasteiger partial charge in [-0.15, -0.1) is 0 Å². The molecule has 2 heterocycles. The van der Waals surface area contributed by atoms with Crippen LogP contribution in [0.15, 0.2) is 66.7 Å². The molecule has 0 N–H and O–H groups in total. The van der Waals surface area contributed by atoms with Crippen molar-refractivity contribution in [2.45, 2.75) is 44.2 Å². The van der Waals surface area contributed by atoms with Gasteiger partial charge in [0.25, 0.3) is 0 Å². The molecule has 4 unspecified atom stereocenters. The molecular formula is C52H68N2O13+2. The van der Waals surface area contributed by atoms with Gasteiger partial charge >= 0.3 is 11.9 Å². The van der Waals surface area contributed by atoms with Crippen molar-refractivity contribution in [1.82, 2.24) is 0 Å². The first-order chi connectivity index (χ1) is 32.3. The number of likely N-dealkylation sites (N-methyl/N-ethyl adjacent to an activating group) is 2. The van der Waals surface area contributed by atoms with Crippen LogP contribution in [0.2, 0.25) is 0 Å². The van der Waals surface area contributed by atoms with Gasteiger partial charge in [0.15, 0.2) is 46.0 Å². The Morgan fingerprint density at radius 2 is 0.970 bits per heavy atom. The minimum atomic E-state index is -0.608. The van der Waals surface area contributed by atoms with Gasteiger partial charge in [-0.05, 0) is 71.3 Å². The fourth-order valence-electron chi connectivity index (χ4n) is 9.89. The summed E-state index contributed by atoms with van der Waals surface area (Å²) in [5.41, 5.74) is 6.75. The maximum absolute atomic E-state index is 12.9. The average molecular weight is 929 g/mol. The van der Waals surface area contributed by atoms with Crippen LogP contribution in [0.1, 0.15) is 58.3 Å². The molecule has 15 nitrogen and oxygen atoms in total. The van der Waals surface area contributed by atoms with E-state index in [4.69, 9.17) is 52.1 Å². The number of carbonyl (C=O) groups is 2. The van der Waals surface area contributed by atoms with Gasteiger partial charge in [-0.1, -0.05) is 0 Å². The van der Waals surface area contributed by atoms with Crippen LogP contribution < -0.4 is 42.6 Å². The van der Waals surface area contributed by atoms with Crippen LogP contribution in [-0.4, -0.2) is 138 Å². The van der Waals surface area contributed by atoms with Crippen molar-refractivity contribution < 1.29 is 70.7 Å². The highest BCUT2D eigenvalue weighted by atomic mass is 16.5. The third-order valence-corrected chi connectivity index (χ3v) is 13.5. The zero-order chi connectivity index (χ0) is 48.3. The van der Waals surface area contributed by atoms with Gasteiger partial charge in [0.05, 0.1) is 117 Å². The molecule has 362 valence electrons. The molecule has 67 heavy (non-hydrogen) atoms. The van der Waals surface area contributed by atoms with Gasteiger partial charge in [0, 0.05) is 60.9 Å². The minimum absolute atomic E-state index is 0.0107. The van der Waals surface area contributed by atoms with Gasteiger partial charge < -0.3 is 61.1 Å². The molecule has 2 aliphatic heterocycles. The molecule has 0 saturated carbocycles. The number of nitrogens with zero attached hydrogens (tertiary/aromatic N) is 2. The molecule has 0 aromatic heterocycles. The van der Waals surface area contributed by atoms with E-state index in [1.807, 2.05) is 24.3 Å². The third kappa shape index (κ3) is 11.1. The van der Waals surface area contributed by atoms with Crippen LogP contribution in [-0.2, 0) is 38.3 Å². The second-order valence-electron chi connectivity index (χ2n) is 17.3. The summed E-state index contributed by atoms with van der Waals surface area (Å²) in [6.07, 6.45) is 5.77. The Morgan fingerprint density at radius 3 is 1.48 bits per heavy atom. The molecule has 4 aromatic rings. The van der Waals surface area contributed by atoms with E-state index in [0.29, 0.717) is 86.5 Å². The molecule has 4 atom stereocenters. The number of benzene rings is 4. The number of esters is 2.